The molecule has 0 fully saturated rings. The summed E-state index contributed by atoms with van der Waals surface area (Å²) >= 11 is 0. The van der Waals surface area contributed by atoms with Crippen LogP contribution in [-0.2, 0) is 0 Å². The highest BCUT2D eigenvalue weighted by Gasteiger charge is 2.22. The number of carbonyl (C=O) groups excluding carboxylic acids is 1. The maximum Gasteiger partial charge on any atom is 0.256 e. The lowest BCUT2D eigenvalue weighted by Crippen LogP contribution is -2.26. The average molecular weight is 631 g/mol. The number of hydrogen-bond acceptors (Lipinski definition) is 6. The lowest BCUT2D eigenvalue weighted by Gasteiger charge is -2.21. The molecular weight excluding hydrogens is 593 g/mol. The number of rotatable bonds is 9. The number of carbonyl (C=O) groups is 1. The monoisotopic (exact) mass is 630 g/mol. The molecular formula is C35H37F3N6O2. The zero-order valence-corrected chi connectivity index (χ0v) is 26.7. The van der Waals surface area contributed by atoms with Crippen molar-refractivity contribution in [1.29, 1.82) is 0 Å². The number of nitrogens with zero attached hydrogens (tertiary/aromatic N) is 5. The van der Waals surface area contributed by atoms with E-state index in [0.29, 0.717) is 34.4 Å². The van der Waals surface area contributed by atoms with Crippen LogP contribution in [0.3, 0.4) is 0 Å². The third-order valence-corrected chi connectivity index (χ3v) is 7.20. The molecule has 0 spiro atoms. The first-order valence-corrected chi connectivity index (χ1v) is 15.0. The lowest BCUT2D eigenvalue weighted by atomic mass is 9.99. The van der Waals surface area contributed by atoms with E-state index in [2.05, 4.69) is 10.3 Å². The smallest absolute Gasteiger partial charge is 0.256 e. The second kappa shape index (κ2) is 14.8. The Balaban J connectivity index is 0.00000235. The molecule has 2 aromatic heterocycles. The molecule has 2 heterocycles. The number of benzene rings is 3. The van der Waals surface area contributed by atoms with Crippen LogP contribution in [0.2, 0.25) is 0 Å². The van der Waals surface area contributed by atoms with Crippen LogP contribution in [0, 0.1) is 24.4 Å². The largest absolute Gasteiger partial charge is 0.344 e. The molecule has 0 aliphatic rings. The second-order valence-electron chi connectivity index (χ2n) is 10.8. The molecule has 1 N–H and O–H groups in total. The van der Waals surface area contributed by atoms with Crippen molar-refractivity contribution in [3.8, 4) is 16.9 Å². The maximum absolute atomic E-state index is 15.1. The van der Waals surface area contributed by atoms with E-state index in [9.17, 15) is 14.0 Å². The summed E-state index contributed by atoms with van der Waals surface area (Å²) in [5, 5.41) is 3.11. The van der Waals surface area contributed by atoms with Gasteiger partial charge < -0.3 is 15.1 Å². The van der Waals surface area contributed by atoms with Gasteiger partial charge in [0.1, 0.15) is 23.1 Å². The number of aromatic nitrogens is 3. The van der Waals surface area contributed by atoms with Crippen molar-refractivity contribution in [2.24, 2.45) is 0 Å². The molecule has 0 aliphatic heterocycles. The molecule has 0 saturated carbocycles. The third kappa shape index (κ3) is 7.43. The van der Waals surface area contributed by atoms with Gasteiger partial charge in [-0.25, -0.2) is 18.2 Å². The number of halogens is 3. The van der Waals surface area contributed by atoms with E-state index >= 15 is 8.78 Å². The number of hydrogen-bond donors (Lipinski definition) is 1. The minimum atomic E-state index is -0.920. The molecule has 240 valence electrons. The van der Waals surface area contributed by atoms with Gasteiger partial charge in [0.25, 0.3) is 11.5 Å². The maximum atomic E-state index is 15.1. The Hall–Kier alpha value is -5.03. The van der Waals surface area contributed by atoms with Crippen molar-refractivity contribution in [2.45, 2.75) is 27.2 Å². The Morgan fingerprint density at radius 2 is 1.54 bits per heavy atom. The number of fused-ring (bicyclic) bond motifs is 1. The van der Waals surface area contributed by atoms with Crippen molar-refractivity contribution < 1.29 is 18.0 Å². The summed E-state index contributed by atoms with van der Waals surface area (Å²) in [6.45, 7) is 7.21. The minimum absolute atomic E-state index is 0.0153. The lowest BCUT2D eigenvalue weighted by molar-refractivity contribution is 0.102. The van der Waals surface area contributed by atoms with Crippen molar-refractivity contribution >= 4 is 28.6 Å². The number of anilines is 2. The van der Waals surface area contributed by atoms with Crippen LogP contribution < -0.4 is 15.8 Å². The Labute approximate surface area is 266 Å². The minimum Gasteiger partial charge on any atom is -0.344 e. The Morgan fingerprint density at radius 3 is 2.20 bits per heavy atom. The van der Waals surface area contributed by atoms with E-state index in [0.717, 1.165) is 35.2 Å². The quantitative estimate of drug-likeness (QED) is 0.192. The van der Waals surface area contributed by atoms with E-state index in [4.69, 9.17) is 4.98 Å². The average Bonchev–Trinajstić information content (AvgIpc) is 3.03. The van der Waals surface area contributed by atoms with Gasteiger partial charge in [0.15, 0.2) is 5.65 Å². The molecule has 0 radical (unpaired) electrons. The summed E-state index contributed by atoms with van der Waals surface area (Å²) in [7, 11) is 5.73. The van der Waals surface area contributed by atoms with Gasteiger partial charge in [-0.1, -0.05) is 26.0 Å². The number of aryl methyl sites for hydroxylation is 1. The SMILES string of the molecule is CC.Cc1ccc(C(=O)Nc2ccc(F)cc2)cc1-c1nc(N(C)CCCN(C)C)nc2c1ccc(=O)n2-c1c(F)cccc1F. The fourth-order valence-corrected chi connectivity index (χ4v) is 4.88. The summed E-state index contributed by atoms with van der Waals surface area (Å²) in [5.74, 6) is -2.45. The standard InChI is InChI=1S/C33H31F3N6O2.C2H6/c1-20-9-10-21(32(44)37-23-13-11-22(34)12-14-23)19-25(20)29-24-15-16-28(43)42(30-26(35)7-5-8-27(30)36)31(24)39-33(38-29)41(4)18-6-17-40(2)3;1-2/h5,7-16,19H,6,17-18H2,1-4H3,(H,37,44);1-2H3. The summed E-state index contributed by atoms with van der Waals surface area (Å²) in [6, 6.07) is 16.6. The van der Waals surface area contributed by atoms with Gasteiger partial charge in [-0.05, 0) is 94.1 Å². The first kappa shape index (κ1) is 33.9. The first-order chi connectivity index (χ1) is 22.0. The zero-order chi connectivity index (χ0) is 33.5. The van der Waals surface area contributed by atoms with Crippen LogP contribution in [0.1, 0.15) is 36.2 Å². The van der Waals surface area contributed by atoms with Gasteiger partial charge in [-0.2, -0.15) is 4.98 Å². The number of pyridine rings is 1. The second-order valence-corrected chi connectivity index (χ2v) is 10.8. The summed E-state index contributed by atoms with van der Waals surface area (Å²) < 4.78 is 44.4. The highest BCUT2D eigenvalue weighted by atomic mass is 19.1. The van der Waals surface area contributed by atoms with Gasteiger partial charge in [0.2, 0.25) is 5.95 Å². The van der Waals surface area contributed by atoms with Gasteiger partial charge in [0.05, 0.1) is 5.69 Å². The van der Waals surface area contributed by atoms with E-state index in [-0.39, 0.29) is 11.6 Å². The fourth-order valence-electron chi connectivity index (χ4n) is 4.88. The van der Waals surface area contributed by atoms with Crippen molar-refractivity contribution in [3.05, 3.63) is 112 Å². The first-order valence-electron chi connectivity index (χ1n) is 15.0. The summed E-state index contributed by atoms with van der Waals surface area (Å²) in [6.07, 6.45) is 0.780. The van der Waals surface area contributed by atoms with Gasteiger partial charge in [0, 0.05) is 41.9 Å². The number of nitrogens with one attached hydrogen (secondary N) is 1. The Morgan fingerprint density at radius 1 is 0.870 bits per heavy atom. The van der Waals surface area contributed by atoms with Crippen molar-refractivity contribution in [3.63, 3.8) is 0 Å². The molecule has 11 heteroatoms. The third-order valence-electron chi connectivity index (χ3n) is 7.20. The van der Waals surface area contributed by atoms with Crippen LogP contribution >= 0.6 is 0 Å². The van der Waals surface area contributed by atoms with E-state index in [1.807, 2.05) is 44.7 Å². The molecule has 5 rings (SSSR count). The van der Waals surface area contributed by atoms with Crippen LogP contribution in [0.25, 0.3) is 28.0 Å². The molecule has 8 nitrogen and oxygen atoms in total. The Kier molecular flexibility index (Phi) is 10.9. The van der Waals surface area contributed by atoms with E-state index < -0.39 is 34.6 Å². The highest BCUT2D eigenvalue weighted by molar-refractivity contribution is 6.05. The fraction of sp³-hybridized carbons (Fsp3) is 0.257. The predicted molar refractivity (Wildman–Crippen MR) is 177 cm³/mol. The normalized spacial score (nSPS) is 10.9. The molecule has 0 atom stereocenters. The molecule has 5 aromatic rings. The molecule has 0 aliphatic carbocycles. The van der Waals surface area contributed by atoms with Gasteiger partial charge in [-0.3, -0.25) is 14.2 Å². The molecule has 3 aromatic carbocycles. The van der Waals surface area contributed by atoms with Gasteiger partial charge in [-0.15, -0.1) is 0 Å². The molecule has 0 bridgehead atoms. The van der Waals surface area contributed by atoms with Crippen LogP contribution in [0.15, 0.2) is 77.6 Å². The molecule has 46 heavy (non-hydrogen) atoms. The predicted octanol–water partition coefficient (Wildman–Crippen LogP) is 6.84. The number of amides is 1. The van der Waals surface area contributed by atoms with E-state index in [1.54, 1.807) is 25.2 Å². The summed E-state index contributed by atoms with van der Waals surface area (Å²) in [4.78, 5) is 39.7. The van der Waals surface area contributed by atoms with Crippen molar-refractivity contribution in [1.82, 2.24) is 19.4 Å². The molecule has 0 saturated heterocycles. The molecule has 1 amide bonds. The van der Waals surface area contributed by atoms with E-state index in [1.165, 1.54) is 42.5 Å². The Bertz CT molecular complexity index is 1890. The highest BCUT2D eigenvalue weighted by Crippen LogP contribution is 2.32. The summed E-state index contributed by atoms with van der Waals surface area (Å²) in [5.41, 5.74) is 1.23. The van der Waals surface area contributed by atoms with Crippen LogP contribution in [-0.4, -0.2) is 59.6 Å². The zero-order valence-electron chi connectivity index (χ0n) is 26.7. The van der Waals surface area contributed by atoms with Crippen LogP contribution in [0.4, 0.5) is 24.8 Å². The van der Waals surface area contributed by atoms with Crippen LogP contribution in [0.5, 0.6) is 0 Å². The number of para-hydroxylation sites is 1. The topological polar surface area (TPSA) is 83.4 Å². The van der Waals surface area contributed by atoms with Gasteiger partial charge >= 0.3 is 0 Å². The molecule has 0 unspecified atom stereocenters. The van der Waals surface area contributed by atoms with Crippen molar-refractivity contribution in [2.75, 3.05) is 44.4 Å².